The number of hydrogen-bond donors (Lipinski definition) is 4. The second-order valence-electron chi connectivity index (χ2n) is 11.3. The summed E-state index contributed by atoms with van der Waals surface area (Å²) in [5, 5.41) is 17.0. The third-order valence-corrected chi connectivity index (χ3v) is 8.42. The maximum Gasteiger partial charge on any atom is 0.273 e. The Kier molecular flexibility index (Phi) is 7.60. The number of pyridine rings is 2. The van der Waals surface area contributed by atoms with Gasteiger partial charge in [0.05, 0.1) is 24.0 Å². The molecular weight excluding hydrogens is 539 g/mol. The van der Waals surface area contributed by atoms with Gasteiger partial charge >= 0.3 is 0 Å². The molecule has 1 fully saturated rings. The van der Waals surface area contributed by atoms with E-state index in [-0.39, 0.29) is 16.9 Å². The first-order valence-electron chi connectivity index (χ1n) is 14.4. The van der Waals surface area contributed by atoms with Crippen LogP contribution in [0.5, 0.6) is 0 Å². The van der Waals surface area contributed by atoms with E-state index in [0.717, 1.165) is 50.4 Å². The average Bonchev–Trinajstić information content (AvgIpc) is 3.27. The Morgan fingerprint density at radius 1 is 1.19 bits per heavy atom. The highest BCUT2D eigenvalue weighted by molar-refractivity contribution is 6.08. The Balaban J connectivity index is 1.33. The van der Waals surface area contributed by atoms with Gasteiger partial charge in [0.25, 0.3) is 11.5 Å². The molecule has 0 spiro atoms. The van der Waals surface area contributed by atoms with Crippen LogP contribution in [0.15, 0.2) is 41.1 Å². The fraction of sp³-hybridized carbons (Fsp3) is 0.433. The van der Waals surface area contributed by atoms with Crippen molar-refractivity contribution in [1.82, 2.24) is 24.3 Å². The van der Waals surface area contributed by atoms with Gasteiger partial charge in [-0.05, 0) is 50.1 Å². The molecule has 3 aliphatic heterocycles. The summed E-state index contributed by atoms with van der Waals surface area (Å²) >= 11 is 0. The van der Waals surface area contributed by atoms with Crippen molar-refractivity contribution in [2.75, 3.05) is 43.4 Å². The average molecular weight is 577 g/mol. The summed E-state index contributed by atoms with van der Waals surface area (Å²) < 4.78 is 18.9. The molecule has 6 rings (SSSR count). The summed E-state index contributed by atoms with van der Waals surface area (Å²) in [6.45, 7) is 3.14. The lowest BCUT2D eigenvalue weighted by atomic mass is 10.00. The number of piperazine rings is 1. The zero-order chi connectivity index (χ0) is 29.5. The van der Waals surface area contributed by atoms with E-state index in [0.29, 0.717) is 47.5 Å². The zero-order valence-electron chi connectivity index (χ0n) is 24.0. The van der Waals surface area contributed by atoms with E-state index in [1.807, 2.05) is 17.7 Å². The number of fused-ring (bicyclic) bond motifs is 3. The molecule has 1 unspecified atom stereocenters. The Labute approximate surface area is 243 Å². The second kappa shape index (κ2) is 11.3. The number of rotatable bonds is 6. The summed E-state index contributed by atoms with van der Waals surface area (Å²) in [4.78, 5) is 34.8. The van der Waals surface area contributed by atoms with Gasteiger partial charge in [0.2, 0.25) is 0 Å². The van der Waals surface area contributed by atoms with Crippen LogP contribution in [-0.4, -0.2) is 69.4 Å². The number of hydrogen-bond acceptors (Lipinski definition) is 8. The number of aryl methyl sites for hydroxylation is 1. The number of aliphatic hydroxyl groups is 1. The first-order valence-corrected chi connectivity index (χ1v) is 14.4. The minimum Gasteiger partial charge on any atom is -0.392 e. The van der Waals surface area contributed by atoms with Crippen LogP contribution < -0.4 is 26.8 Å². The lowest BCUT2D eigenvalue weighted by Crippen LogP contribution is -2.41. The van der Waals surface area contributed by atoms with Crippen LogP contribution in [0.1, 0.15) is 40.2 Å². The molecule has 1 saturated heterocycles. The predicted octanol–water partition coefficient (Wildman–Crippen LogP) is 1.54. The smallest absolute Gasteiger partial charge is 0.273 e. The van der Waals surface area contributed by atoms with Gasteiger partial charge < -0.3 is 30.6 Å². The zero-order valence-corrected chi connectivity index (χ0v) is 24.0. The third kappa shape index (κ3) is 4.99. The number of likely N-dealkylation sites (N-methyl/N-ethyl adjacent to an activating group) is 1. The molecule has 0 aliphatic carbocycles. The molecule has 3 aromatic rings. The molecule has 1 atom stereocenters. The van der Waals surface area contributed by atoms with Gasteiger partial charge in [0, 0.05) is 81.1 Å². The van der Waals surface area contributed by atoms with Crippen molar-refractivity contribution in [3.63, 3.8) is 0 Å². The summed E-state index contributed by atoms with van der Waals surface area (Å²) in [5.41, 5.74) is 10.5. The van der Waals surface area contributed by atoms with Crippen LogP contribution in [0.25, 0.3) is 11.1 Å². The van der Waals surface area contributed by atoms with Gasteiger partial charge in [-0.1, -0.05) is 0 Å². The van der Waals surface area contributed by atoms with Crippen LogP contribution in [0, 0.1) is 5.82 Å². The first-order chi connectivity index (χ1) is 20.3. The van der Waals surface area contributed by atoms with Crippen LogP contribution in [0.3, 0.4) is 0 Å². The number of nitrogens with two attached hydrogens (primary N) is 1. The van der Waals surface area contributed by atoms with Gasteiger partial charge in [-0.15, -0.1) is 0 Å². The molecule has 11 nitrogen and oxygen atoms in total. The van der Waals surface area contributed by atoms with Crippen LogP contribution in [-0.2, 0) is 33.0 Å². The minimum absolute atomic E-state index is 0.115. The number of nitrogens with one attached hydrogen (secondary N) is 2. The first kappa shape index (κ1) is 28.1. The van der Waals surface area contributed by atoms with Crippen molar-refractivity contribution < 1.29 is 14.3 Å². The van der Waals surface area contributed by atoms with E-state index in [2.05, 4.69) is 20.5 Å². The highest BCUT2D eigenvalue weighted by Gasteiger charge is 2.36. The van der Waals surface area contributed by atoms with Gasteiger partial charge in [0.1, 0.15) is 11.5 Å². The molecule has 0 saturated carbocycles. The lowest BCUT2D eigenvalue weighted by molar-refractivity contribution is 0.0975. The number of carbonyl (C=O) groups excluding carboxylic acids is 1. The molecular formula is C30H37FN8O3. The summed E-state index contributed by atoms with van der Waals surface area (Å²) in [6.07, 6.45) is 7.48. The van der Waals surface area contributed by atoms with E-state index in [9.17, 15) is 14.7 Å². The van der Waals surface area contributed by atoms with Gasteiger partial charge in [-0.25, -0.2) is 9.37 Å². The largest absolute Gasteiger partial charge is 0.392 e. The van der Waals surface area contributed by atoms with E-state index in [1.54, 1.807) is 31.6 Å². The van der Waals surface area contributed by atoms with Crippen molar-refractivity contribution in [3.05, 3.63) is 75.0 Å². The van der Waals surface area contributed by atoms with Crippen molar-refractivity contribution >= 4 is 17.4 Å². The number of nitrogens with zero attached hydrogens (tertiary/aromatic N) is 5. The van der Waals surface area contributed by atoms with Crippen LogP contribution in [0.2, 0.25) is 0 Å². The quantitative estimate of drug-likeness (QED) is 0.325. The van der Waals surface area contributed by atoms with Crippen molar-refractivity contribution in [2.45, 2.75) is 45.0 Å². The topological polar surface area (TPSA) is 134 Å². The number of aromatic nitrogens is 3. The summed E-state index contributed by atoms with van der Waals surface area (Å²) in [6, 6.07) is 3.43. The van der Waals surface area contributed by atoms with Crippen LogP contribution >= 0.6 is 0 Å². The third-order valence-electron chi connectivity index (χ3n) is 8.42. The number of aliphatic hydroxyl groups excluding tert-OH is 1. The minimum atomic E-state index is -0.615. The second-order valence-corrected chi connectivity index (χ2v) is 11.3. The van der Waals surface area contributed by atoms with Gasteiger partial charge in [0.15, 0.2) is 5.82 Å². The maximum absolute atomic E-state index is 15.5. The molecule has 5 N–H and O–H groups in total. The highest BCUT2D eigenvalue weighted by atomic mass is 19.1. The number of halogens is 1. The molecule has 3 aliphatic rings. The normalized spacial score (nSPS) is 18.9. The lowest BCUT2D eigenvalue weighted by Gasteiger charge is -2.29. The number of carbonyl (C=O) groups is 1. The Morgan fingerprint density at radius 2 is 2.02 bits per heavy atom. The Morgan fingerprint density at radius 3 is 2.81 bits per heavy atom. The van der Waals surface area contributed by atoms with Crippen molar-refractivity contribution in [3.8, 4) is 11.1 Å². The molecule has 222 valence electrons. The molecule has 0 bridgehead atoms. The SMILES string of the molecule is CN1CCN/C(=C\C(N)Nc2cc(-c3ccnc(N4CCc5c(c(F)c6n5CCCC6)C4=O)c3CO)cn(C)c2=O)C1. The molecule has 0 aromatic carbocycles. The molecule has 3 aromatic heterocycles. The van der Waals surface area contributed by atoms with E-state index in [4.69, 9.17) is 5.73 Å². The van der Waals surface area contributed by atoms with Gasteiger partial charge in [-0.2, -0.15) is 0 Å². The Hall–Kier alpha value is -4.00. The molecule has 42 heavy (non-hydrogen) atoms. The standard InChI is InChI=1S/C30H37FN8O3/c1-36-12-9-33-19(16-36)14-25(32)35-22-13-18(15-37(2)29(22)41)20-6-8-34-28(21(20)17-40)39-11-7-23-26(30(39)42)27(31)24-5-3-4-10-38(23)24/h6,8,13-15,25,33,35,40H,3-5,7,9-12,16-17,32H2,1-2H3/b19-14-. The summed E-state index contributed by atoms with van der Waals surface area (Å²) in [5.74, 6) is -0.596. The Bertz CT molecular complexity index is 1630. The predicted molar refractivity (Wildman–Crippen MR) is 159 cm³/mol. The highest BCUT2D eigenvalue weighted by Crippen LogP contribution is 2.36. The molecule has 6 heterocycles. The summed E-state index contributed by atoms with van der Waals surface area (Å²) in [7, 11) is 3.68. The van der Waals surface area contributed by atoms with Crippen molar-refractivity contribution in [2.24, 2.45) is 12.8 Å². The van der Waals surface area contributed by atoms with E-state index >= 15 is 4.39 Å². The van der Waals surface area contributed by atoms with Crippen LogP contribution in [0.4, 0.5) is 15.9 Å². The fourth-order valence-corrected chi connectivity index (χ4v) is 6.38. The van der Waals surface area contributed by atoms with Gasteiger partial charge in [-0.3, -0.25) is 19.4 Å². The fourth-order valence-electron chi connectivity index (χ4n) is 6.38. The van der Waals surface area contributed by atoms with Crippen molar-refractivity contribution in [1.29, 1.82) is 0 Å². The molecule has 1 amide bonds. The monoisotopic (exact) mass is 576 g/mol. The maximum atomic E-state index is 15.5. The molecule has 12 heteroatoms. The van der Waals surface area contributed by atoms with E-state index in [1.165, 1.54) is 9.47 Å². The number of amides is 1. The molecule has 0 radical (unpaired) electrons. The number of anilines is 2. The van der Waals surface area contributed by atoms with E-state index < -0.39 is 24.5 Å².